The lowest BCUT2D eigenvalue weighted by atomic mass is 9.96. The van der Waals surface area contributed by atoms with Gasteiger partial charge in [-0.2, -0.15) is 0 Å². The molecule has 68 valence electrons. The molecule has 0 aromatic carbocycles. The molecule has 1 fully saturated rings. The third-order valence-corrected chi connectivity index (χ3v) is 2.72. The number of hydrogen-bond acceptors (Lipinski definition) is 0. The van der Waals surface area contributed by atoms with Gasteiger partial charge < -0.3 is 0 Å². The van der Waals surface area contributed by atoms with Gasteiger partial charge in [-0.1, -0.05) is 63.3 Å². The molecule has 0 nitrogen and oxygen atoms in total. The summed E-state index contributed by atoms with van der Waals surface area (Å²) in [5.74, 6) is 0.962. The SMILES string of the molecule is C=CC=CCC1CCCCCC1. The van der Waals surface area contributed by atoms with Gasteiger partial charge in [-0.15, -0.1) is 0 Å². The van der Waals surface area contributed by atoms with Gasteiger partial charge in [0.05, 0.1) is 0 Å². The van der Waals surface area contributed by atoms with Crippen LogP contribution in [0.3, 0.4) is 0 Å². The molecule has 0 aliphatic heterocycles. The summed E-state index contributed by atoms with van der Waals surface area (Å²) in [5.41, 5.74) is 0. The molecule has 0 N–H and O–H groups in total. The van der Waals surface area contributed by atoms with E-state index in [1.807, 2.05) is 6.08 Å². The second-order valence-corrected chi connectivity index (χ2v) is 3.76. The van der Waals surface area contributed by atoms with Crippen LogP contribution in [0, 0.1) is 5.92 Å². The van der Waals surface area contributed by atoms with E-state index in [1.165, 1.54) is 44.9 Å². The molecule has 0 radical (unpaired) electrons. The lowest BCUT2D eigenvalue weighted by Crippen LogP contribution is -1.95. The Morgan fingerprint density at radius 1 is 1.08 bits per heavy atom. The standard InChI is InChI=1S/C12H20/c1-2-3-6-9-12-10-7-4-5-8-11-12/h2-3,6,12H,1,4-5,7-11H2. The zero-order chi connectivity index (χ0) is 8.65. The van der Waals surface area contributed by atoms with Crippen LogP contribution in [-0.2, 0) is 0 Å². The van der Waals surface area contributed by atoms with Crippen LogP contribution in [-0.4, -0.2) is 0 Å². The first kappa shape index (κ1) is 9.57. The van der Waals surface area contributed by atoms with E-state index < -0.39 is 0 Å². The monoisotopic (exact) mass is 164 g/mol. The largest absolute Gasteiger partial charge is 0.0991 e. The Labute approximate surface area is 76.4 Å². The molecule has 0 heterocycles. The van der Waals surface area contributed by atoms with E-state index in [-0.39, 0.29) is 0 Å². The van der Waals surface area contributed by atoms with Gasteiger partial charge in [0.2, 0.25) is 0 Å². The summed E-state index contributed by atoms with van der Waals surface area (Å²) >= 11 is 0. The number of rotatable bonds is 3. The average Bonchev–Trinajstić information content (AvgIpc) is 2.33. The molecule has 1 rings (SSSR count). The lowest BCUT2D eigenvalue weighted by Gasteiger charge is -2.09. The van der Waals surface area contributed by atoms with Crippen LogP contribution < -0.4 is 0 Å². The first-order chi connectivity index (χ1) is 5.93. The van der Waals surface area contributed by atoms with E-state index in [1.54, 1.807) is 0 Å². The van der Waals surface area contributed by atoms with Crippen molar-refractivity contribution in [2.45, 2.75) is 44.9 Å². The highest BCUT2D eigenvalue weighted by Gasteiger charge is 2.09. The highest BCUT2D eigenvalue weighted by molar-refractivity contribution is 4.97. The number of hydrogen-bond donors (Lipinski definition) is 0. The highest BCUT2D eigenvalue weighted by Crippen LogP contribution is 2.25. The average molecular weight is 164 g/mol. The Morgan fingerprint density at radius 2 is 1.75 bits per heavy atom. The first-order valence-electron chi connectivity index (χ1n) is 5.21. The molecular formula is C12H20. The van der Waals surface area contributed by atoms with Crippen LogP contribution in [0.1, 0.15) is 44.9 Å². The maximum Gasteiger partial charge on any atom is -0.0319 e. The summed E-state index contributed by atoms with van der Waals surface area (Å²) in [6.07, 6.45) is 16.2. The third kappa shape index (κ3) is 3.75. The summed E-state index contributed by atoms with van der Waals surface area (Å²) in [6.45, 7) is 3.68. The summed E-state index contributed by atoms with van der Waals surface area (Å²) in [4.78, 5) is 0. The van der Waals surface area contributed by atoms with Crippen LogP contribution in [0.15, 0.2) is 24.8 Å². The molecule has 0 spiro atoms. The zero-order valence-corrected chi connectivity index (χ0v) is 7.97. The predicted molar refractivity (Wildman–Crippen MR) is 55.1 cm³/mol. The van der Waals surface area contributed by atoms with E-state index in [4.69, 9.17) is 0 Å². The molecule has 12 heavy (non-hydrogen) atoms. The van der Waals surface area contributed by atoms with Gasteiger partial charge >= 0.3 is 0 Å². The van der Waals surface area contributed by atoms with Crippen LogP contribution >= 0.6 is 0 Å². The van der Waals surface area contributed by atoms with Crippen molar-refractivity contribution in [2.24, 2.45) is 5.92 Å². The molecule has 0 bridgehead atoms. The van der Waals surface area contributed by atoms with Crippen LogP contribution in [0.5, 0.6) is 0 Å². The van der Waals surface area contributed by atoms with Crippen molar-refractivity contribution in [1.29, 1.82) is 0 Å². The van der Waals surface area contributed by atoms with E-state index in [0.29, 0.717) is 0 Å². The molecule has 0 aromatic heterocycles. The van der Waals surface area contributed by atoms with Crippen molar-refractivity contribution in [2.75, 3.05) is 0 Å². The molecule has 0 atom stereocenters. The lowest BCUT2D eigenvalue weighted by molar-refractivity contribution is 0.466. The van der Waals surface area contributed by atoms with E-state index in [2.05, 4.69) is 18.7 Å². The quantitative estimate of drug-likeness (QED) is 0.435. The van der Waals surface area contributed by atoms with Gasteiger partial charge in [0, 0.05) is 0 Å². The van der Waals surface area contributed by atoms with Crippen LogP contribution in [0.2, 0.25) is 0 Å². The normalized spacial score (nSPS) is 21.0. The Bertz CT molecular complexity index is 136. The molecule has 1 saturated carbocycles. The molecule has 0 unspecified atom stereocenters. The second kappa shape index (κ2) is 6.05. The Balaban J connectivity index is 2.20. The minimum absolute atomic E-state index is 0.962. The van der Waals surface area contributed by atoms with Gasteiger partial charge in [0.15, 0.2) is 0 Å². The highest BCUT2D eigenvalue weighted by atomic mass is 14.1. The number of allylic oxidation sites excluding steroid dienone is 3. The summed E-state index contributed by atoms with van der Waals surface area (Å²) in [5, 5.41) is 0. The maximum absolute atomic E-state index is 3.68. The summed E-state index contributed by atoms with van der Waals surface area (Å²) in [7, 11) is 0. The van der Waals surface area contributed by atoms with Gasteiger partial charge in [-0.3, -0.25) is 0 Å². The van der Waals surface area contributed by atoms with Crippen molar-refractivity contribution in [3.05, 3.63) is 24.8 Å². The second-order valence-electron chi connectivity index (χ2n) is 3.76. The predicted octanol–water partition coefficient (Wildman–Crippen LogP) is 4.09. The van der Waals surface area contributed by atoms with E-state index >= 15 is 0 Å². The third-order valence-electron chi connectivity index (χ3n) is 2.72. The molecule has 1 aliphatic carbocycles. The first-order valence-corrected chi connectivity index (χ1v) is 5.21. The minimum atomic E-state index is 0.962. The molecule has 1 aliphatic rings. The van der Waals surface area contributed by atoms with Crippen molar-refractivity contribution < 1.29 is 0 Å². The molecular weight excluding hydrogens is 144 g/mol. The molecule has 0 saturated heterocycles. The van der Waals surface area contributed by atoms with Crippen LogP contribution in [0.25, 0.3) is 0 Å². The maximum atomic E-state index is 3.68. The molecule has 0 aromatic rings. The fourth-order valence-corrected chi connectivity index (χ4v) is 1.97. The fraction of sp³-hybridized carbons (Fsp3) is 0.667. The molecule has 0 amide bonds. The summed E-state index contributed by atoms with van der Waals surface area (Å²) < 4.78 is 0. The van der Waals surface area contributed by atoms with Crippen LogP contribution in [0.4, 0.5) is 0 Å². The topological polar surface area (TPSA) is 0 Å². The van der Waals surface area contributed by atoms with E-state index in [9.17, 15) is 0 Å². The van der Waals surface area contributed by atoms with E-state index in [0.717, 1.165) is 5.92 Å². The van der Waals surface area contributed by atoms with Gasteiger partial charge in [-0.05, 0) is 12.3 Å². The Morgan fingerprint density at radius 3 is 2.33 bits per heavy atom. The van der Waals surface area contributed by atoms with Crippen molar-refractivity contribution in [3.63, 3.8) is 0 Å². The van der Waals surface area contributed by atoms with Crippen molar-refractivity contribution in [3.8, 4) is 0 Å². The molecule has 0 heteroatoms. The minimum Gasteiger partial charge on any atom is -0.0991 e. The summed E-state index contributed by atoms with van der Waals surface area (Å²) in [6, 6.07) is 0. The smallest absolute Gasteiger partial charge is 0.0319 e. The van der Waals surface area contributed by atoms with Gasteiger partial charge in [0.25, 0.3) is 0 Å². The fourth-order valence-electron chi connectivity index (χ4n) is 1.97. The zero-order valence-electron chi connectivity index (χ0n) is 7.97. The Hall–Kier alpha value is -0.520. The van der Waals surface area contributed by atoms with Gasteiger partial charge in [-0.25, -0.2) is 0 Å². The Kier molecular flexibility index (Phi) is 4.82. The van der Waals surface area contributed by atoms with Gasteiger partial charge in [0.1, 0.15) is 0 Å². The van der Waals surface area contributed by atoms with Crippen molar-refractivity contribution >= 4 is 0 Å². The van der Waals surface area contributed by atoms with Crippen molar-refractivity contribution in [1.82, 2.24) is 0 Å².